The molecule has 2 rings (SSSR count). The van der Waals surface area contributed by atoms with Crippen molar-refractivity contribution in [2.45, 2.75) is 45.4 Å². The van der Waals surface area contributed by atoms with Crippen LogP contribution >= 0.6 is 24.0 Å². The van der Waals surface area contributed by atoms with Crippen molar-refractivity contribution in [1.29, 1.82) is 0 Å². The summed E-state index contributed by atoms with van der Waals surface area (Å²) in [5.41, 5.74) is 0. The molecular formula is C17H34IN5O. The molecule has 1 aliphatic carbocycles. The molecule has 3 N–H and O–H groups in total. The first-order chi connectivity index (χ1) is 11.3. The molecule has 24 heavy (non-hydrogen) atoms. The second-order valence-electron chi connectivity index (χ2n) is 6.51. The Bertz CT molecular complexity index is 381. The van der Waals surface area contributed by atoms with Crippen LogP contribution in [0.2, 0.25) is 0 Å². The van der Waals surface area contributed by atoms with Crippen molar-refractivity contribution in [2.75, 3.05) is 45.8 Å². The lowest BCUT2D eigenvalue weighted by Gasteiger charge is -2.14. The normalized spacial score (nSPS) is 18.1. The average molecular weight is 451 g/mol. The minimum atomic E-state index is 0. The topological polar surface area (TPSA) is 68.8 Å². The van der Waals surface area contributed by atoms with Crippen LogP contribution in [-0.4, -0.2) is 62.6 Å². The van der Waals surface area contributed by atoms with Crippen LogP contribution in [0, 0.1) is 5.92 Å². The fraction of sp³-hybridized carbons (Fsp3) is 0.882. The van der Waals surface area contributed by atoms with Crippen LogP contribution in [-0.2, 0) is 4.79 Å². The van der Waals surface area contributed by atoms with Gasteiger partial charge in [-0.05, 0) is 65.1 Å². The zero-order chi connectivity index (χ0) is 16.3. The summed E-state index contributed by atoms with van der Waals surface area (Å²) in [6.07, 6.45) is 7.20. The second-order valence-corrected chi connectivity index (χ2v) is 6.51. The molecule has 2 fully saturated rings. The third-order valence-corrected chi connectivity index (χ3v) is 4.36. The number of guanidine groups is 1. The summed E-state index contributed by atoms with van der Waals surface area (Å²) < 4.78 is 0. The van der Waals surface area contributed by atoms with Gasteiger partial charge in [0.1, 0.15) is 0 Å². The molecule has 0 aromatic heterocycles. The predicted octanol–water partition coefficient (Wildman–Crippen LogP) is 1.56. The van der Waals surface area contributed by atoms with E-state index < -0.39 is 0 Å². The van der Waals surface area contributed by atoms with Gasteiger partial charge >= 0.3 is 0 Å². The van der Waals surface area contributed by atoms with E-state index in [1.807, 2.05) is 0 Å². The van der Waals surface area contributed by atoms with Crippen LogP contribution in [0.3, 0.4) is 0 Å². The summed E-state index contributed by atoms with van der Waals surface area (Å²) in [6.45, 7) is 8.94. The largest absolute Gasteiger partial charge is 0.357 e. The Morgan fingerprint density at radius 2 is 1.79 bits per heavy atom. The lowest BCUT2D eigenvalue weighted by atomic mass is 10.3. The van der Waals surface area contributed by atoms with Gasteiger partial charge in [0.25, 0.3) is 0 Å². The minimum Gasteiger partial charge on any atom is -0.357 e. The highest BCUT2D eigenvalue weighted by atomic mass is 127. The summed E-state index contributed by atoms with van der Waals surface area (Å²) in [7, 11) is 0. The second kappa shape index (κ2) is 12.7. The number of rotatable bonds is 10. The Hall–Kier alpha value is -0.570. The van der Waals surface area contributed by atoms with Gasteiger partial charge in [0, 0.05) is 32.1 Å². The number of amides is 1. The minimum absolute atomic E-state index is 0. The Kier molecular flexibility index (Phi) is 11.4. The van der Waals surface area contributed by atoms with Gasteiger partial charge in [0.05, 0.1) is 0 Å². The maximum Gasteiger partial charge on any atom is 0.223 e. The van der Waals surface area contributed by atoms with E-state index in [0.717, 1.165) is 44.9 Å². The van der Waals surface area contributed by atoms with E-state index in [-0.39, 0.29) is 35.8 Å². The molecule has 0 radical (unpaired) electrons. The molecule has 0 unspecified atom stereocenters. The third-order valence-electron chi connectivity index (χ3n) is 4.36. The molecule has 1 heterocycles. The fourth-order valence-corrected chi connectivity index (χ4v) is 2.84. The molecule has 1 amide bonds. The van der Waals surface area contributed by atoms with E-state index in [1.54, 1.807) is 0 Å². The van der Waals surface area contributed by atoms with Crippen molar-refractivity contribution in [3.8, 4) is 0 Å². The Balaban J connectivity index is 0.00000288. The van der Waals surface area contributed by atoms with E-state index in [4.69, 9.17) is 0 Å². The van der Waals surface area contributed by atoms with Gasteiger partial charge in [-0.3, -0.25) is 9.79 Å². The fourth-order valence-electron chi connectivity index (χ4n) is 2.84. The monoisotopic (exact) mass is 451 g/mol. The molecule has 0 aromatic rings. The van der Waals surface area contributed by atoms with Crippen LogP contribution in [0.4, 0.5) is 0 Å². The third kappa shape index (κ3) is 9.05. The van der Waals surface area contributed by atoms with E-state index in [0.29, 0.717) is 6.54 Å². The Labute approximate surface area is 163 Å². The molecule has 0 bridgehead atoms. The van der Waals surface area contributed by atoms with E-state index >= 15 is 0 Å². The SMILES string of the molecule is CCNC(=NCCCCN1CCCC1)NCCNC(=O)C1CC1.I. The maximum atomic E-state index is 11.5. The van der Waals surface area contributed by atoms with E-state index in [9.17, 15) is 4.79 Å². The van der Waals surface area contributed by atoms with Crippen molar-refractivity contribution in [1.82, 2.24) is 20.9 Å². The van der Waals surface area contributed by atoms with Crippen molar-refractivity contribution in [3.63, 3.8) is 0 Å². The lowest BCUT2D eigenvalue weighted by molar-refractivity contribution is -0.122. The van der Waals surface area contributed by atoms with Gasteiger partial charge in [-0.25, -0.2) is 0 Å². The maximum absolute atomic E-state index is 11.5. The molecule has 6 nitrogen and oxygen atoms in total. The van der Waals surface area contributed by atoms with Crippen LogP contribution in [0.15, 0.2) is 4.99 Å². The first-order valence-corrected chi connectivity index (χ1v) is 9.32. The number of halogens is 1. The van der Waals surface area contributed by atoms with Gasteiger partial charge in [0.15, 0.2) is 5.96 Å². The molecule has 0 spiro atoms. The van der Waals surface area contributed by atoms with Crippen molar-refractivity contribution >= 4 is 35.8 Å². The molecule has 1 saturated heterocycles. The van der Waals surface area contributed by atoms with Crippen LogP contribution in [0.5, 0.6) is 0 Å². The highest BCUT2D eigenvalue weighted by Gasteiger charge is 2.28. The predicted molar refractivity (Wildman–Crippen MR) is 110 cm³/mol. The number of aliphatic imine (C=N–C) groups is 1. The molecule has 1 aliphatic heterocycles. The molecule has 2 aliphatic rings. The van der Waals surface area contributed by atoms with Crippen molar-refractivity contribution in [2.24, 2.45) is 10.9 Å². The van der Waals surface area contributed by atoms with Crippen LogP contribution in [0.1, 0.15) is 45.4 Å². The number of carbonyl (C=O) groups excluding carboxylic acids is 1. The molecule has 0 aromatic carbocycles. The Morgan fingerprint density at radius 3 is 2.46 bits per heavy atom. The molecule has 7 heteroatoms. The first kappa shape index (κ1) is 21.5. The Morgan fingerprint density at radius 1 is 1.08 bits per heavy atom. The average Bonchev–Trinajstić information content (AvgIpc) is 3.28. The number of nitrogens with zero attached hydrogens (tertiary/aromatic N) is 2. The quantitative estimate of drug-likeness (QED) is 0.204. The van der Waals surface area contributed by atoms with E-state index in [2.05, 4.69) is 32.8 Å². The van der Waals surface area contributed by atoms with Crippen molar-refractivity contribution < 1.29 is 4.79 Å². The molecule has 140 valence electrons. The molecule has 1 saturated carbocycles. The van der Waals surface area contributed by atoms with Crippen LogP contribution < -0.4 is 16.0 Å². The number of hydrogen-bond donors (Lipinski definition) is 3. The summed E-state index contributed by atoms with van der Waals surface area (Å²) in [6, 6.07) is 0. The van der Waals surface area contributed by atoms with Gasteiger partial charge < -0.3 is 20.9 Å². The van der Waals surface area contributed by atoms with Crippen molar-refractivity contribution in [3.05, 3.63) is 0 Å². The standard InChI is InChI=1S/C17H33N5O.HI/c1-2-18-17(21-11-10-19-16(23)15-7-8-15)20-9-3-4-12-22-13-5-6-14-22;/h15H,2-14H2,1H3,(H,19,23)(H2,18,20,21);1H. The van der Waals surface area contributed by atoms with E-state index in [1.165, 1.54) is 38.9 Å². The number of unbranched alkanes of at least 4 members (excludes halogenated alkanes) is 1. The summed E-state index contributed by atoms with van der Waals surface area (Å²) in [4.78, 5) is 18.7. The highest BCUT2D eigenvalue weighted by Crippen LogP contribution is 2.28. The number of nitrogens with one attached hydrogen (secondary N) is 3. The zero-order valence-electron chi connectivity index (χ0n) is 15.0. The lowest BCUT2D eigenvalue weighted by Crippen LogP contribution is -2.41. The van der Waals surface area contributed by atoms with Gasteiger partial charge in [0.2, 0.25) is 5.91 Å². The summed E-state index contributed by atoms with van der Waals surface area (Å²) in [5.74, 6) is 1.34. The summed E-state index contributed by atoms with van der Waals surface area (Å²) in [5, 5.41) is 9.49. The molecule has 0 atom stereocenters. The smallest absolute Gasteiger partial charge is 0.223 e. The van der Waals surface area contributed by atoms with Gasteiger partial charge in [-0.15, -0.1) is 24.0 Å². The number of carbonyl (C=O) groups is 1. The highest BCUT2D eigenvalue weighted by molar-refractivity contribution is 14.0. The summed E-state index contributed by atoms with van der Waals surface area (Å²) >= 11 is 0. The first-order valence-electron chi connectivity index (χ1n) is 9.32. The van der Waals surface area contributed by atoms with Gasteiger partial charge in [-0.2, -0.15) is 0 Å². The van der Waals surface area contributed by atoms with Crippen LogP contribution in [0.25, 0.3) is 0 Å². The molecular weight excluding hydrogens is 417 g/mol. The number of likely N-dealkylation sites (tertiary alicyclic amines) is 1. The zero-order valence-corrected chi connectivity index (χ0v) is 17.3. The van der Waals surface area contributed by atoms with Gasteiger partial charge in [-0.1, -0.05) is 0 Å². The number of hydrogen-bond acceptors (Lipinski definition) is 3.